The molecule has 0 saturated heterocycles. The summed E-state index contributed by atoms with van der Waals surface area (Å²) in [7, 11) is 1.48. The van der Waals surface area contributed by atoms with Crippen molar-refractivity contribution in [2.75, 3.05) is 25.5 Å². The minimum absolute atomic E-state index is 0.00151. The van der Waals surface area contributed by atoms with Crippen LogP contribution in [-0.4, -0.2) is 59.5 Å². The van der Waals surface area contributed by atoms with Gasteiger partial charge >= 0.3 is 5.97 Å². The number of ether oxygens (including phenoxy) is 2. The van der Waals surface area contributed by atoms with Crippen molar-refractivity contribution in [3.63, 3.8) is 0 Å². The summed E-state index contributed by atoms with van der Waals surface area (Å²) in [6.07, 6.45) is 12.1. The topological polar surface area (TPSA) is 130 Å². The Morgan fingerprint density at radius 2 is 1.84 bits per heavy atom. The monoisotopic (exact) mass is 687 g/mol. The number of esters is 1. The van der Waals surface area contributed by atoms with Crippen LogP contribution in [0.1, 0.15) is 80.4 Å². The lowest BCUT2D eigenvalue weighted by molar-refractivity contribution is -0.148. The number of carbonyl (C=O) groups is 2. The van der Waals surface area contributed by atoms with Crippen LogP contribution in [0, 0.1) is 23.7 Å². The third kappa shape index (κ3) is 9.06. The fraction of sp³-hybridized carbons (Fsp3) is 0.381. The van der Waals surface area contributed by atoms with Gasteiger partial charge in [-0.05, 0) is 102 Å². The lowest BCUT2D eigenvalue weighted by atomic mass is 9.74. The van der Waals surface area contributed by atoms with Gasteiger partial charge in [-0.3, -0.25) is 14.6 Å². The smallest absolute Gasteiger partial charge is 0.302 e. The molecule has 0 amide bonds. The number of anilines is 1. The largest absolute Gasteiger partial charge is 0.508 e. The fourth-order valence-electron chi connectivity index (χ4n) is 7.56. The van der Waals surface area contributed by atoms with Crippen LogP contribution in [0.4, 0.5) is 5.82 Å². The number of pyridine rings is 1. The Kier molecular flexibility index (Phi) is 11.5. The van der Waals surface area contributed by atoms with Crippen LogP contribution < -0.4 is 10.1 Å². The number of aliphatic imine (C=N–C) groups is 1. The SMILES string of the molecule is COc1cc([C@H]2C#CCNc3cc(ccn3)[C@H](c3cccc(O)c3)CC3=C(C=NC3)[C@H]3C=CCC[C@H]3CC[C@@H](OC(C)=O)CC(=O)C2)ccc1O. The van der Waals surface area contributed by atoms with Crippen molar-refractivity contribution in [1.29, 1.82) is 0 Å². The predicted octanol–water partition coefficient (Wildman–Crippen LogP) is 7.26. The number of carbonyl (C=O) groups excluding carboxylic acids is 2. The zero-order valence-electron chi connectivity index (χ0n) is 29.2. The highest BCUT2D eigenvalue weighted by molar-refractivity contribution is 5.84. The molecule has 2 aromatic carbocycles. The number of allylic oxidation sites excluding steroid dienone is 3. The molecule has 0 spiro atoms. The van der Waals surface area contributed by atoms with E-state index in [2.05, 4.69) is 40.4 Å². The normalized spacial score (nSPS) is 24.0. The number of rotatable bonds is 4. The van der Waals surface area contributed by atoms with E-state index in [0.29, 0.717) is 30.5 Å². The van der Waals surface area contributed by atoms with Crippen LogP contribution in [0.2, 0.25) is 0 Å². The van der Waals surface area contributed by atoms with Crippen LogP contribution in [0.25, 0.3) is 0 Å². The highest BCUT2D eigenvalue weighted by atomic mass is 16.5. The maximum Gasteiger partial charge on any atom is 0.302 e. The molecule has 0 fully saturated rings. The molecular formula is C42H45N3O6. The van der Waals surface area contributed by atoms with Crippen molar-refractivity contribution in [3.8, 4) is 29.1 Å². The first-order valence-electron chi connectivity index (χ1n) is 17.7. The molecule has 6 rings (SSSR count). The van der Waals surface area contributed by atoms with Crippen molar-refractivity contribution in [3.05, 3.63) is 101 Å². The molecule has 5 atom stereocenters. The minimum atomic E-state index is -0.547. The van der Waals surface area contributed by atoms with E-state index in [4.69, 9.17) is 14.5 Å². The number of phenols is 2. The first-order valence-corrected chi connectivity index (χ1v) is 17.7. The highest BCUT2D eigenvalue weighted by Gasteiger charge is 2.31. The third-order valence-electron chi connectivity index (χ3n) is 10.1. The average Bonchev–Trinajstić information content (AvgIpc) is 3.59. The van der Waals surface area contributed by atoms with Crippen LogP contribution in [-0.2, 0) is 14.3 Å². The zero-order valence-corrected chi connectivity index (χ0v) is 29.2. The van der Waals surface area contributed by atoms with Crippen LogP contribution in [0.15, 0.2) is 89.1 Å². The molecule has 3 heterocycles. The lowest BCUT2D eigenvalue weighted by Crippen LogP contribution is -2.25. The van der Waals surface area contributed by atoms with E-state index in [9.17, 15) is 19.8 Å². The van der Waals surface area contributed by atoms with Gasteiger partial charge in [0.25, 0.3) is 0 Å². The summed E-state index contributed by atoms with van der Waals surface area (Å²) in [4.78, 5) is 35.2. The van der Waals surface area contributed by atoms with E-state index in [0.717, 1.165) is 42.4 Å². The Morgan fingerprint density at radius 3 is 2.67 bits per heavy atom. The number of hydrogen-bond acceptors (Lipinski definition) is 9. The van der Waals surface area contributed by atoms with E-state index in [-0.39, 0.29) is 48.5 Å². The van der Waals surface area contributed by atoms with Crippen molar-refractivity contribution in [2.24, 2.45) is 16.8 Å². The molecule has 0 saturated carbocycles. The maximum absolute atomic E-state index is 13.7. The number of methoxy groups -OCH3 is 1. The summed E-state index contributed by atoms with van der Waals surface area (Å²) in [6, 6.07) is 16.5. The van der Waals surface area contributed by atoms with Gasteiger partial charge in [-0.15, -0.1) is 0 Å². The molecule has 0 radical (unpaired) electrons. The number of Topliss-reactive ketones (excluding diaryl/α,β-unsaturated/α-hetero) is 1. The highest BCUT2D eigenvalue weighted by Crippen LogP contribution is 2.41. The fourth-order valence-corrected chi connectivity index (χ4v) is 7.56. The van der Waals surface area contributed by atoms with E-state index >= 15 is 0 Å². The number of ketones is 1. The first kappa shape index (κ1) is 35.5. The average molecular weight is 688 g/mol. The second-order valence-electron chi connectivity index (χ2n) is 13.6. The molecule has 1 aliphatic carbocycles. The molecule has 3 aliphatic rings. The maximum atomic E-state index is 13.7. The number of aromatic nitrogens is 1. The summed E-state index contributed by atoms with van der Waals surface area (Å²) in [5.41, 5.74) is 5.29. The number of phenolic OH excluding ortho intramolecular Hbond substituents is 2. The summed E-state index contributed by atoms with van der Waals surface area (Å²) < 4.78 is 11.1. The Bertz CT molecular complexity index is 1900. The second-order valence-corrected chi connectivity index (χ2v) is 13.6. The predicted molar refractivity (Wildman–Crippen MR) is 197 cm³/mol. The quantitative estimate of drug-likeness (QED) is 0.149. The van der Waals surface area contributed by atoms with Crippen molar-refractivity contribution >= 4 is 23.8 Å². The molecule has 0 unspecified atom stereocenters. The van der Waals surface area contributed by atoms with Gasteiger partial charge in [0, 0.05) is 44.0 Å². The molecule has 2 aliphatic heterocycles. The summed E-state index contributed by atoms with van der Waals surface area (Å²) in [5, 5.41) is 24.0. The van der Waals surface area contributed by atoms with Gasteiger partial charge in [0.15, 0.2) is 11.5 Å². The van der Waals surface area contributed by atoms with Gasteiger partial charge in [0.1, 0.15) is 23.5 Å². The molecule has 2 bridgehead atoms. The van der Waals surface area contributed by atoms with Crippen molar-refractivity contribution in [1.82, 2.24) is 4.98 Å². The van der Waals surface area contributed by atoms with Gasteiger partial charge in [0.05, 0.1) is 26.1 Å². The minimum Gasteiger partial charge on any atom is -0.508 e. The number of hydrogen-bond donors (Lipinski definition) is 3. The van der Waals surface area contributed by atoms with Crippen molar-refractivity contribution < 1.29 is 29.3 Å². The third-order valence-corrected chi connectivity index (χ3v) is 10.1. The standard InChI is InChI=1S/C42H45N3O6/c1-27(46)51-36-14-12-28-7-3-4-11-37(28)39-26-43-25-33(39)21-38(31-8-5-10-34(47)20-31)32-16-18-45-42(23-32)44-17-6-9-29(19-35(48)24-36)30-13-15-40(49)41(22-30)50-2/h4-5,8,10-11,13,15-16,18,20,22-23,26,28-29,36-38,47,49H,3,7,12,14,17,19,21,24-25H2,1-2H3,(H,44,45)/t28-,29-,36+,37-,38-/m0/s1. The lowest BCUT2D eigenvalue weighted by Gasteiger charge is -2.31. The number of nitrogens with one attached hydrogen (secondary N) is 1. The Hall–Kier alpha value is -5.36. The second kappa shape index (κ2) is 16.6. The Labute approximate surface area is 299 Å². The molecular weight excluding hydrogens is 642 g/mol. The summed E-state index contributed by atoms with van der Waals surface area (Å²) in [5.74, 6) is 7.09. The molecule has 51 heavy (non-hydrogen) atoms. The molecule has 9 nitrogen and oxygen atoms in total. The number of fused-ring (bicyclic) bond motifs is 4. The van der Waals surface area contributed by atoms with Crippen molar-refractivity contribution in [2.45, 2.75) is 69.8 Å². The van der Waals surface area contributed by atoms with Crippen LogP contribution in [0.5, 0.6) is 17.2 Å². The Balaban J connectivity index is 1.39. The number of nitrogens with zero attached hydrogens (tertiary/aromatic N) is 2. The summed E-state index contributed by atoms with van der Waals surface area (Å²) in [6.45, 7) is 2.28. The van der Waals surface area contributed by atoms with E-state index in [1.807, 2.05) is 30.5 Å². The molecule has 3 N–H and O–H groups in total. The van der Waals surface area contributed by atoms with Gasteiger partial charge in [-0.2, -0.15) is 0 Å². The van der Waals surface area contributed by atoms with E-state index < -0.39 is 18.0 Å². The van der Waals surface area contributed by atoms with Crippen LogP contribution >= 0.6 is 0 Å². The van der Waals surface area contributed by atoms with E-state index in [1.54, 1.807) is 30.5 Å². The number of benzene rings is 2. The zero-order chi connectivity index (χ0) is 35.7. The van der Waals surface area contributed by atoms with E-state index in [1.165, 1.54) is 25.2 Å². The first-order chi connectivity index (χ1) is 24.8. The van der Waals surface area contributed by atoms with Gasteiger partial charge < -0.3 is 25.0 Å². The van der Waals surface area contributed by atoms with Gasteiger partial charge in [0.2, 0.25) is 0 Å². The number of aromatic hydroxyl groups is 2. The molecule has 1 aromatic heterocycles. The molecule has 9 heteroatoms. The van der Waals surface area contributed by atoms with Crippen LogP contribution in [0.3, 0.4) is 0 Å². The van der Waals surface area contributed by atoms with Gasteiger partial charge in [-0.1, -0.05) is 42.2 Å². The summed E-state index contributed by atoms with van der Waals surface area (Å²) >= 11 is 0. The Morgan fingerprint density at radius 1 is 0.980 bits per heavy atom. The van der Waals surface area contributed by atoms with Gasteiger partial charge in [-0.25, -0.2) is 4.98 Å². The molecule has 3 aromatic rings. The molecule has 264 valence electrons.